The Morgan fingerprint density at radius 1 is 1.05 bits per heavy atom. The summed E-state index contributed by atoms with van der Waals surface area (Å²) in [5, 5.41) is 11.5. The molecule has 5 nitrogen and oxygen atoms in total. The van der Waals surface area contributed by atoms with Gasteiger partial charge in [0.2, 0.25) is 5.88 Å². The quantitative estimate of drug-likeness (QED) is 0.847. The lowest BCUT2D eigenvalue weighted by molar-refractivity contribution is 0.319. The highest BCUT2D eigenvalue weighted by molar-refractivity contribution is 5.41. The molecule has 0 spiro atoms. The molecule has 5 heteroatoms. The number of hydrogen-bond donors (Lipinski definition) is 1. The lowest BCUT2D eigenvalue weighted by atomic mass is 10.3. The fourth-order valence-corrected chi connectivity index (χ4v) is 1.73. The Labute approximate surface area is 125 Å². The maximum atomic E-state index is 5.72. The summed E-state index contributed by atoms with van der Waals surface area (Å²) in [6.45, 7) is 7.41. The zero-order valence-electron chi connectivity index (χ0n) is 12.7. The Morgan fingerprint density at radius 2 is 1.81 bits per heavy atom. The molecule has 2 aromatic rings. The van der Waals surface area contributed by atoms with Crippen LogP contribution in [0.4, 0.5) is 0 Å². The molecule has 0 atom stereocenters. The summed E-state index contributed by atoms with van der Waals surface area (Å²) in [6, 6.07) is 11.7. The summed E-state index contributed by atoms with van der Waals surface area (Å²) >= 11 is 0. The van der Waals surface area contributed by atoms with Crippen LogP contribution in [-0.4, -0.2) is 22.8 Å². The van der Waals surface area contributed by atoms with Crippen molar-refractivity contribution in [3.8, 4) is 17.4 Å². The van der Waals surface area contributed by atoms with Crippen LogP contribution in [0.25, 0.3) is 0 Å². The van der Waals surface area contributed by atoms with Gasteiger partial charge < -0.3 is 14.8 Å². The molecule has 1 aromatic carbocycles. The van der Waals surface area contributed by atoms with Crippen LogP contribution in [0.5, 0.6) is 17.4 Å². The molecule has 1 aromatic heterocycles. The summed E-state index contributed by atoms with van der Waals surface area (Å²) in [5.74, 6) is 1.80. The van der Waals surface area contributed by atoms with Crippen LogP contribution in [0.2, 0.25) is 0 Å². The minimum atomic E-state index is 0.417. The molecule has 21 heavy (non-hydrogen) atoms. The standard InChI is InChI=1S/C16H21N3O2/c1-4-20-14-7-5-6-8-15(14)21-16-10-9-13(18-19-16)11-17-12(2)3/h5-10,12,17H,4,11H2,1-3H3. The zero-order chi connectivity index (χ0) is 15.1. The van der Waals surface area contributed by atoms with E-state index in [1.165, 1.54) is 0 Å². The maximum absolute atomic E-state index is 5.72. The lowest BCUT2D eigenvalue weighted by Gasteiger charge is -2.10. The van der Waals surface area contributed by atoms with Gasteiger partial charge in [-0.05, 0) is 25.1 Å². The van der Waals surface area contributed by atoms with Gasteiger partial charge in [-0.15, -0.1) is 5.10 Å². The predicted molar refractivity (Wildman–Crippen MR) is 81.7 cm³/mol. The number of hydrogen-bond acceptors (Lipinski definition) is 5. The zero-order valence-corrected chi connectivity index (χ0v) is 12.7. The molecule has 0 aliphatic heterocycles. The summed E-state index contributed by atoms with van der Waals surface area (Å²) in [7, 11) is 0. The molecule has 0 amide bonds. The molecule has 0 saturated heterocycles. The number of ether oxygens (including phenoxy) is 2. The molecule has 0 radical (unpaired) electrons. The summed E-state index contributed by atoms with van der Waals surface area (Å²) < 4.78 is 11.2. The van der Waals surface area contributed by atoms with E-state index < -0.39 is 0 Å². The second-order valence-electron chi connectivity index (χ2n) is 4.88. The summed E-state index contributed by atoms with van der Waals surface area (Å²) in [6.07, 6.45) is 0. The molecular formula is C16H21N3O2. The van der Waals surface area contributed by atoms with Gasteiger partial charge >= 0.3 is 0 Å². The number of nitrogens with one attached hydrogen (secondary N) is 1. The Balaban J connectivity index is 2.03. The van der Waals surface area contributed by atoms with E-state index in [2.05, 4.69) is 29.4 Å². The normalized spacial score (nSPS) is 10.7. The van der Waals surface area contributed by atoms with Crippen LogP contribution in [0.15, 0.2) is 36.4 Å². The fourth-order valence-electron chi connectivity index (χ4n) is 1.73. The van der Waals surface area contributed by atoms with Crippen molar-refractivity contribution >= 4 is 0 Å². The Kier molecular flexibility index (Phi) is 5.51. The first-order valence-corrected chi connectivity index (χ1v) is 7.14. The average Bonchev–Trinajstić information content (AvgIpc) is 2.49. The number of benzene rings is 1. The third-order valence-electron chi connectivity index (χ3n) is 2.75. The molecule has 0 unspecified atom stereocenters. The topological polar surface area (TPSA) is 56.3 Å². The van der Waals surface area contributed by atoms with Crippen LogP contribution >= 0.6 is 0 Å². The maximum Gasteiger partial charge on any atom is 0.239 e. The number of aromatic nitrogens is 2. The Hall–Kier alpha value is -2.14. The first-order chi connectivity index (χ1) is 10.2. The highest BCUT2D eigenvalue weighted by atomic mass is 16.5. The van der Waals surface area contributed by atoms with Gasteiger partial charge in [0.15, 0.2) is 11.5 Å². The number of rotatable bonds is 7. The highest BCUT2D eigenvalue weighted by Crippen LogP contribution is 2.29. The second-order valence-corrected chi connectivity index (χ2v) is 4.88. The van der Waals surface area contributed by atoms with Crippen molar-refractivity contribution in [3.63, 3.8) is 0 Å². The minimum Gasteiger partial charge on any atom is -0.490 e. The van der Waals surface area contributed by atoms with Gasteiger partial charge in [0.1, 0.15) is 0 Å². The first-order valence-electron chi connectivity index (χ1n) is 7.14. The highest BCUT2D eigenvalue weighted by Gasteiger charge is 2.06. The van der Waals surface area contributed by atoms with Gasteiger partial charge in [-0.2, -0.15) is 5.10 Å². The minimum absolute atomic E-state index is 0.417. The van der Waals surface area contributed by atoms with Crippen LogP contribution in [0.1, 0.15) is 26.5 Å². The van der Waals surface area contributed by atoms with Crippen molar-refractivity contribution in [1.82, 2.24) is 15.5 Å². The van der Waals surface area contributed by atoms with Crippen molar-refractivity contribution in [3.05, 3.63) is 42.1 Å². The van der Waals surface area contributed by atoms with Gasteiger partial charge in [-0.1, -0.05) is 26.0 Å². The van der Waals surface area contributed by atoms with Crippen molar-refractivity contribution in [2.75, 3.05) is 6.61 Å². The van der Waals surface area contributed by atoms with Crippen molar-refractivity contribution in [2.24, 2.45) is 0 Å². The lowest BCUT2D eigenvalue weighted by Crippen LogP contribution is -2.22. The van der Waals surface area contributed by atoms with E-state index in [0.29, 0.717) is 36.6 Å². The molecule has 2 rings (SSSR count). The van der Waals surface area contributed by atoms with Crippen molar-refractivity contribution in [1.29, 1.82) is 0 Å². The molecule has 1 heterocycles. The predicted octanol–water partition coefficient (Wildman–Crippen LogP) is 3.17. The van der Waals surface area contributed by atoms with E-state index in [9.17, 15) is 0 Å². The Morgan fingerprint density at radius 3 is 2.43 bits per heavy atom. The Bertz CT molecular complexity index is 556. The van der Waals surface area contributed by atoms with E-state index in [1.807, 2.05) is 43.3 Å². The van der Waals surface area contributed by atoms with Crippen molar-refractivity contribution < 1.29 is 9.47 Å². The van der Waals surface area contributed by atoms with E-state index in [4.69, 9.17) is 9.47 Å². The summed E-state index contributed by atoms with van der Waals surface area (Å²) in [5.41, 5.74) is 0.883. The molecular weight excluding hydrogens is 266 g/mol. The molecule has 0 saturated carbocycles. The van der Waals surface area contributed by atoms with E-state index in [0.717, 1.165) is 5.69 Å². The fraction of sp³-hybridized carbons (Fsp3) is 0.375. The largest absolute Gasteiger partial charge is 0.490 e. The first kappa shape index (κ1) is 15.3. The van der Waals surface area contributed by atoms with Gasteiger partial charge in [-0.25, -0.2) is 0 Å². The number of para-hydroxylation sites is 2. The average molecular weight is 287 g/mol. The smallest absolute Gasteiger partial charge is 0.239 e. The van der Waals surface area contributed by atoms with Gasteiger partial charge in [0.05, 0.1) is 12.3 Å². The monoisotopic (exact) mass is 287 g/mol. The van der Waals surface area contributed by atoms with Crippen LogP contribution < -0.4 is 14.8 Å². The third kappa shape index (κ3) is 4.72. The van der Waals surface area contributed by atoms with Crippen LogP contribution in [0, 0.1) is 0 Å². The van der Waals surface area contributed by atoms with E-state index in [1.54, 1.807) is 0 Å². The van der Waals surface area contributed by atoms with Gasteiger partial charge in [-0.3, -0.25) is 0 Å². The third-order valence-corrected chi connectivity index (χ3v) is 2.75. The van der Waals surface area contributed by atoms with E-state index in [-0.39, 0.29) is 0 Å². The molecule has 0 aliphatic carbocycles. The number of nitrogens with zero attached hydrogens (tertiary/aromatic N) is 2. The van der Waals surface area contributed by atoms with Gasteiger partial charge in [0, 0.05) is 18.7 Å². The molecule has 0 bridgehead atoms. The van der Waals surface area contributed by atoms with Crippen molar-refractivity contribution in [2.45, 2.75) is 33.4 Å². The van der Waals surface area contributed by atoms with E-state index >= 15 is 0 Å². The van der Waals surface area contributed by atoms with Gasteiger partial charge in [0.25, 0.3) is 0 Å². The SMILES string of the molecule is CCOc1ccccc1Oc1ccc(CNC(C)C)nn1. The molecule has 0 aliphatic rings. The molecule has 0 fully saturated rings. The second kappa shape index (κ2) is 7.59. The molecule has 1 N–H and O–H groups in total. The summed E-state index contributed by atoms with van der Waals surface area (Å²) in [4.78, 5) is 0. The van der Waals surface area contributed by atoms with Crippen LogP contribution in [-0.2, 0) is 6.54 Å². The molecule has 112 valence electrons. The van der Waals surface area contributed by atoms with Crippen LogP contribution in [0.3, 0.4) is 0 Å².